The van der Waals surface area contributed by atoms with Gasteiger partial charge in [-0.3, -0.25) is 15.4 Å². The summed E-state index contributed by atoms with van der Waals surface area (Å²) in [6.45, 7) is 4.08. The predicted molar refractivity (Wildman–Crippen MR) is 96.8 cm³/mol. The SMILES string of the molecule is Cc1cc(NC2=CC(=O)C(N(C)CCN=O)=CC2=O)c(C)cc1NN. The predicted octanol–water partition coefficient (Wildman–Crippen LogP) is 1.62. The smallest absolute Gasteiger partial charge is 0.204 e. The van der Waals surface area contributed by atoms with Crippen LogP contribution in [0.25, 0.3) is 0 Å². The van der Waals surface area contributed by atoms with Gasteiger partial charge in [0.15, 0.2) is 0 Å². The maximum Gasteiger partial charge on any atom is 0.204 e. The third-order valence-electron chi connectivity index (χ3n) is 4.00. The highest BCUT2D eigenvalue weighted by molar-refractivity contribution is 6.20. The van der Waals surface area contributed by atoms with E-state index >= 15 is 0 Å². The fourth-order valence-electron chi connectivity index (χ4n) is 2.51. The number of allylic oxidation sites excluding steroid dienone is 2. The third-order valence-corrected chi connectivity index (χ3v) is 4.00. The molecular weight excluding hydrogens is 322 g/mol. The summed E-state index contributed by atoms with van der Waals surface area (Å²) in [4.78, 5) is 36.4. The van der Waals surface area contributed by atoms with E-state index in [4.69, 9.17) is 5.84 Å². The minimum atomic E-state index is -0.307. The van der Waals surface area contributed by atoms with Crippen LogP contribution in [0.2, 0.25) is 0 Å². The number of carbonyl (C=O) groups excluding carboxylic acids is 2. The van der Waals surface area contributed by atoms with Gasteiger partial charge < -0.3 is 15.6 Å². The lowest BCUT2D eigenvalue weighted by atomic mass is 10.0. The summed E-state index contributed by atoms with van der Waals surface area (Å²) in [5, 5.41) is 5.78. The van der Waals surface area contributed by atoms with E-state index in [1.807, 2.05) is 26.0 Å². The first-order valence-corrected chi connectivity index (χ1v) is 7.74. The maximum atomic E-state index is 12.3. The maximum absolute atomic E-state index is 12.3. The molecule has 0 fully saturated rings. The normalized spacial score (nSPS) is 13.9. The van der Waals surface area contributed by atoms with Crippen LogP contribution in [-0.4, -0.2) is 36.6 Å². The standard InChI is InChI=1S/C17H21N5O3/c1-10-7-13(21-18)11(2)6-12(10)20-14-8-17(24)15(9-16(14)23)22(3)5-4-19-25/h6-9,20-21H,4-5,18H2,1-3H3. The Balaban J connectivity index is 2.20. The molecule has 0 heterocycles. The molecule has 8 nitrogen and oxygen atoms in total. The van der Waals surface area contributed by atoms with Crippen LogP contribution >= 0.6 is 0 Å². The molecule has 0 aromatic heterocycles. The van der Waals surface area contributed by atoms with Crippen molar-refractivity contribution in [2.45, 2.75) is 13.8 Å². The monoisotopic (exact) mass is 343 g/mol. The minimum Gasteiger partial charge on any atom is -0.369 e. The number of nitrogens with zero attached hydrogens (tertiary/aromatic N) is 2. The Morgan fingerprint density at radius 2 is 1.72 bits per heavy atom. The molecule has 1 aromatic rings. The van der Waals surface area contributed by atoms with Gasteiger partial charge in [0, 0.05) is 31.4 Å². The summed E-state index contributed by atoms with van der Waals surface area (Å²) in [5.74, 6) is 4.85. The summed E-state index contributed by atoms with van der Waals surface area (Å²) in [6.07, 6.45) is 2.54. The van der Waals surface area contributed by atoms with Gasteiger partial charge in [-0.05, 0) is 37.1 Å². The Bertz CT molecular complexity index is 783. The van der Waals surface area contributed by atoms with Gasteiger partial charge in [-0.15, -0.1) is 0 Å². The molecule has 0 amide bonds. The van der Waals surface area contributed by atoms with Gasteiger partial charge in [-0.1, -0.05) is 5.18 Å². The number of benzene rings is 1. The van der Waals surface area contributed by atoms with Crippen molar-refractivity contribution in [2.75, 3.05) is 30.9 Å². The molecule has 0 aliphatic heterocycles. The van der Waals surface area contributed by atoms with E-state index in [1.54, 1.807) is 11.9 Å². The highest BCUT2D eigenvalue weighted by atomic mass is 16.3. The second kappa shape index (κ2) is 7.71. The van der Waals surface area contributed by atoms with Crippen LogP contribution in [0.4, 0.5) is 11.4 Å². The molecule has 1 aliphatic carbocycles. The van der Waals surface area contributed by atoms with Gasteiger partial charge in [-0.2, -0.15) is 4.91 Å². The van der Waals surface area contributed by atoms with Crippen molar-refractivity contribution in [1.29, 1.82) is 0 Å². The number of aryl methyl sites for hydroxylation is 2. The Kier molecular flexibility index (Phi) is 5.66. The highest BCUT2D eigenvalue weighted by Crippen LogP contribution is 2.26. The van der Waals surface area contributed by atoms with Gasteiger partial charge in [-0.25, -0.2) is 0 Å². The number of hydrazine groups is 1. The average Bonchev–Trinajstić information content (AvgIpc) is 2.58. The lowest BCUT2D eigenvalue weighted by Crippen LogP contribution is -2.30. The third kappa shape index (κ3) is 4.10. The largest absolute Gasteiger partial charge is 0.369 e. The van der Waals surface area contributed by atoms with Gasteiger partial charge in [0.25, 0.3) is 0 Å². The molecule has 0 unspecified atom stereocenters. The molecule has 0 saturated carbocycles. The summed E-state index contributed by atoms with van der Waals surface area (Å²) in [7, 11) is 1.64. The van der Waals surface area contributed by atoms with E-state index in [2.05, 4.69) is 15.9 Å². The van der Waals surface area contributed by atoms with Crippen LogP contribution in [0.5, 0.6) is 0 Å². The van der Waals surface area contributed by atoms with Gasteiger partial charge in [0.05, 0.1) is 23.6 Å². The number of nitrogens with two attached hydrogens (primary N) is 1. The van der Waals surface area contributed by atoms with Crippen LogP contribution < -0.4 is 16.6 Å². The summed E-state index contributed by atoms with van der Waals surface area (Å²) < 4.78 is 0. The minimum absolute atomic E-state index is 0.0458. The molecule has 0 spiro atoms. The highest BCUT2D eigenvalue weighted by Gasteiger charge is 2.23. The molecule has 4 N–H and O–H groups in total. The number of hydrogen-bond acceptors (Lipinski definition) is 8. The first-order valence-electron chi connectivity index (χ1n) is 7.74. The van der Waals surface area contributed by atoms with E-state index in [0.29, 0.717) is 0 Å². The van der Waals surface area contributed by atoms with E-state index in [9.17, 15) is 14.5 Å². The second-order valence-electron chi connectivity index (χ2n) is 5.84. The number of ketones is 2. The Labute approximate surface area is 145 Å². The van der Waals surface area contributed by atoms with Crippen LogP contribution in [0.15, 0.2) is 40.9 Å². The molecule has 0 radical (unpaired) electrons. The Morgan fingerprint density at radius 3 is 2.36 bits per heavy atom. The van der Waals surface area contributed by atoms with Crippen LogP contribution in [0.3, 0.4) is 0 Å². The molecule has 1 aromatic carbocycles. The van der Waals surface area contributed by atoms with Gasteiger partial charge >= 0.3 is 0 Å². The first-order chi connectivity index (χ1) is 11.9. The summed E-state index contributed by atoms with van der Waals surface area (Å²) in [6, 6.07) is 3.71. The quantitative estimate of drug-likeness (QED) is 0.298. The Morgan fingerprint density at radius 1 is 1.08 bits per heavy atom. The molecule has 8 heteroatoms. The van der Waals surface area contributed by atoms with E-state index in [0.717, 1.165) is 22.5 Å². The van der Waals surface area contributed by atoms with Crippen molar-refractivity contribution in [1.82, 2.24) is 4.90 Å². The lowest BCUT2D eigenvalue weighted by molar-refractivity contribution is -0.116. The van der Waals surface area contributed by atoms with Crippen molar-refractivity contribution < 1.29 is 9.59 Å². The summed E-state index contributed by atoms with van der Waals surface area (Å²) >= 11 is 0. The molecule has 0 bridgehead atoms. The lowest BCUT2D eigenvalue weighted by Gasteiger charge is -2.23. The molecule has 0 atom stereocenters. The van der Waals surface area contributed by atoms with Crippen molar-refractivity contribution in [3.63, 3.8) is 0 Å². The zero-order chi connectivity index (χ0) is 18.6. The molecule has 25 heavy (non-hydrogen) atoms. The topological polar surface area (TPSA) is 117 Å². The molecular formula is C17H21N5O3. The van der Waals surface area contributed by atoms with E-state index in [-0.39, 0.29) is 36.1 Å². The fraction of sp³-hybridized carbons (Fsp3) is 0.294. The zero-order valence-electron chi connectivity index (χ0n) is 14.4. The number of hydrogen-bond donors (Lipinski definition) is 3. The van der Waals surface area contributed by atoms with E-state index < -0.39 is 0 Å². The average molecular weight is 343 g/mol. The molecule has 2 rings (SSSR count). The second-order valence-corrected chi connectivity index (χ2v) is 5.84. The summed E-state index contributed by atoms with van der Waals surface area (Å²) in [5.41, 5.74) is 6.35. The van der Waals surface area contributed by atoms with Gasteiger partial charge in [0.2, 0.25) is 11.6 Å². The number of nitrogens with one attached hydrogen (secondary N) is 2. The van der Waals surface area contributed by atoms with Crippen molar-refractivity contribution in [2.24, 2.45) is 11.0 Å². The number of nitroso groups, excluding NO2 is 1. The van der Waals surface area contributed by atoms with Crippen molar-refractivity contribution >= 4 is 22.9 Å². The number of anilines is 2. The Hall–Kier alpha value is -3.00. The number of nitrogen functional groups attached to an aromatic ring is 1. The number of likely N-dealkylation sites (N-methyl/N-ethyl adjacent to an activating group) is 1. The van der Waals surface area contributed by atoms with Crippen LogP contribution in [-0.2, 0) is 9.59 Å². The number of carbonyl (C=O) groups is 2. The van der Waals surface area contributed by atoms with Crippen LogP contribution in [0.1, 0.15) is 11.1 Å². The molecule has 0 saturated heterocycles. The van der Waals surface area contributed by atoms with Crippen molar-refractivity contribution in [3.05, 3.63) is 51.7 Å². The van der Waals surface area contributed by atoms with Gasteiger partial charge in [0.1, 0.15) is 0 Å². The first kappa shape index (κ1) is 18.3. The van der Waals surface area contributed by atoms with Crippen LogP contribution in [0, 0.1) is 18.8 Å². The number of rotatable bonds is 7. The van der Waals surface area contributed by atoms with E-state index in [1.165, 1.54) is 12.2 Å². The zero-order valence-corrected chi connectivity index (χ0v) is 14.4. The molecule has 1 aliphatic rings. The fourth-order valence-corrected chi connectivity index (χ4v) is 2.51. The molecule has 132 valence electrons. The van der Waals surface area contributed by atoms with Crippen molar-refractivity contribution in [3.8, 4) is 0 Å².